The second-order valence-corrected chi connectivity index (χ2v) is 7.98. The van der Waals surface area contributed by atoms with Crippen molar-refractivity contribution in [3.63, 3.8) is 0 Å². The van der Waals surface area contributed by atoms with Crippen LogP contribution in [0.1, 0.15) is 39.8 Å². The third-order valence-electron chi connectivity index (χ3n) is 5.57. The summed E-state index contributed by atoms with van der Waals surface area (Å²) in [4.78, 5) is 26.0. The van der Waals surface area contributed by atoms with Gasteiger partial charge in [-0.05, 0) is 49.3 Å². The summed E-state index contributed by atoms with van der Waals surface area (Å²) < 4.78 is 0. The van der Waals surface area contributed by atoms with Crippen LogP contribution in [0.25, 0.3) is 17.8 Å². The molecule has 2 aromatic carbocycles. The van der Waals surface area contributed by atoms with Crippen LogP contribution in [0.4, 0.5) is 0 Å². The molecular formula is C26H26N4O4. The smallest absolute Gasteiger partial charge is 0.227 e. The molecule has 4 rings (SSSR count). The van der Waals surface area contributed by atoms with Gasteiger partial charge in [0.1, 0.15) is 17.1 Å². The van der Waals surface area contributed by atoms with Gasteiger partial charge in [0, 0.05) is 30.7 Å². The van der Waals surface area contributed by atoms with Gasteiger partial charge in [-0.1, -0.05) is 36.4 Å². The van der Waals surface area contributed by atoms with E-state index in [-0.39, 0.29) is 30.0 Å². The first kappa shape index (κ1) is 23.1. The lowest BCUT2D eigenvalue weighted by Gasteiger charge is -2.13. The van der Waals surface area contributed by atoms with Crippen LogP contribution < -0.4 is 5.32 Å². The average Bonchev–Trinajstić information content (AvgIpc) is 3.28. The first-order valence-electron chi connectivity index (χ1n) is 11.2. The quantitative estimate of drug-likeness (QED) is 0.353. The zero-order chi connectivity index (χ0) is 24.1. The maximum Gasteiger partial charge on any atom is 0.227 e. The van der Waals surface area contributed by atoms with Crippen molar-refractivity contribution in [2.75, 3.05) is 13.2 Å². The Morgan fingerprint density at radius 3 is 2.74 bits per heavy atom. The SMILES string of the molecule is CCNC(=O)C1C=Cc2nn(-c3cc(CCO)cc(C=CC(=O)c4ccccc4)c3O)nc2C1. The Bertz CT molecular complexity index is 1260. The fourth-order valence-corrected chi connectivity index (χ4v) is 3.82. The zero-order valence-corrected chi connectivity index (χ0v) is 18.8. The number of phenols is 1. The molecule has 8 nitrogen and oxygen atoms in total. The number of hydrogen-bond acceptors (Lipinski definition) is 6. The van der Waals surface area contributed by atoms with Gasteiger partial charge in [0.2, 0.25) is 5.91 Å². The van der Waals surface area contributed by atoms with E-state index in [0.29, 0.717) is 47.6 Å². The van der Waals surface area contributed by atoms with Gasteiger partial charge in [-0.3, -0.25) is 9.59 Å². The maximum atomic E-state index is 12.5. The van der Waals surface area contributed by atoms with Crippen molar-refractivity contribution in [3.05, 3.63) is 82.7 Å². The number of aromatic hydroxyl groups is 1. The minimum atomic E-state index is -0.325. The summed E-state index contributed by atoms with van der Waals surface area (Å²) in [6.07, 6.45) is 7.28. The molecule has 0 bridgehead atoms. The Hall–Kier alpha value is -4.04. The molecule has 3 N–H and O–H groups in total. The maximum absolute atomic E-state index is 12.5. The lowest BCUT2D eigenvalue weighted by Crippen LogP contribution is -2.31. The molecular weight excluding hydrogens is 432 g/mol. The van der Waals surface area contributed by atoms with Gasteiger partial charge < -0.3 is 15.5 Å². The summed E-state index contributed by atoms with van der Waals surface area (Å²) in [5.41, 5.74) is 3.32. The van der Waals surface area contributed by atoms with Crippen LogP contribution in [-0.2, 0) is 17.6 Å². The highest BCUT2D eigenvalue weighted by Gasteiger charge is 2.25. The summed E-state index contributed by atoms with van der Waals surface area (Å²) in [6, 6.07) is 12.3. The number of carbonyl (C=O) groups is 2. The van der Waals surface area contributed by atoms with Gasteiger partial charge in [-0.15, -0.1) is 9.90 Å². The molecule has 3 aromatic rings. The molecule has 1 heterocycles. The molecule has 1 aliphatic rings. The zero-order valence-electron chi connectivity index (χ0n) is 18.8. The van der Waals surface area contributed by atoms with Crippen LogP contribution in [0.3, 0.4) is 0 Å². The average molecular weight is 459 g/mol. The standard InChI is InChI=1S/C26H26N4O4/c1-2-27-26(34)20-8-10-21-22(16-20)29-30(28-21)23-15-17(12-13-31)14-19(25(23)33)9-11-24(32)18-6-4-3-5-7-18/h3-11,14-15,20,31,33H,2,12-13,16H2,1H3,(H,27,34). The van der Waals surface area contributed by atoms with Gasteiger partial charge in [0.15, 0.2) is 5.78 Å². The molecule has 1 aromatic heterocycles. The van der Waals surface area contributed by atoms with E-state index in [1.165, 1.54) is 10.9 Å². The third kappa shape index (κ3) is 4.97. The predicted octanol–water partition coefficient (Wildman–Crippen LogP) is 2.73. The van der Waals surface area contributed by atoms with Crippen molar-refractivity contribution < 1.29 is 19.8 Å². The molecule has 0 fully saturated rings. The number of nitrogens with zero attached hydrogens (tertiary/aromatic N) is 3. The van der Waals surface area contributed by atoms with Crippen molar-refractivity contribution in [1.82, 2.24) is 20.3 Å². The van der Waals surface area contributed by atoms with E-state index in [9.17, 15) is 19.8 Å². The van der Waals surface area contributed by atoms with Gasteiger partial charge in [0.05, 0.1) is 11.6 Å². The van der Waals surface area contributed by atoms with E-state index < -0.39 is 0 Å². The summed E-state index contributed by atoms with van der Waals surface area (Å²) in [5, 5.41) is 32.2. The van der Waals surface area contributed by atoms with Crippen molar-refractivity contribution in [1.29, 1.82) is 0 Å². The van der Waals surface area contributed by atoms with Gasteiger partial charge in [-0.2, -0.15) is 5.10 Å². The van der Waals surface area contributed by atoms with Crippen molar-refractivity contribution >= 4 is 23.8 Å². The highest BCUT2D eigenvalue weighted by Crippen LogP contribution is 2.30. The number of hydrogen-bond donors (Lipinski definition) is 3. The number of carbonyl (C=O) groups excluding carboxylic acids is 2. The van der Waals surface area contributed by atoms with E-state index >= 15 is 0 Å². The van der Waals surface area contributed by atoms with E-state index in [2.05, 4.69) is 15.5 Å². The minimum Gasteiger partial charge on any atom is -0.505 e. The number of rotatable bonds is 8. The molecule has 0 aliphatic heterocycles. The van der Waals surface area contributed by atoms with Gasteiger partial charge in [-0.25, -0.2) is 0 Å². The summed E-state index contributed by atoms with van der Waals surface area (Å²) in [7, 11) is 0. The van der Waals surface area contributed by atoms with Gasteiger partial charge >= 0.3 is 0 Å². The van der Waals surface area contributed by atoms with E-state index in [0.717, 1.165) is 5.56 Å². The Morgan fingerprint density at radius 1 is 1.21 bits per heavy atom. The van der Waals surface area contributed by atoms with E-state index in [1.54, 1.807) is 54.6 Å². The molecule has 174 valence electrons. The Labute approximate surface area is 197 Å². The van der Waals surface area contributed by atoms with Crippen molar-refractivity contribution in [2.45, 2.75) is 19.8 Å². The number of benzene rings is 2. The lowest BCUT2D eigenvalue weighted by atomic mass is 9.96. The number of amides is 1. The Morgan fingerprint density at radius 2 is 2.00 bits per heavy atom. The molecule has 1 amide bonds. The monoisotopic (exact) mass is 458 g/mol. The van der Waals surface area contributed by atoms with Crippen LogP contribution in [0.2, 0.25) is 0 Å². The highest BCUT2D eigenvalue weighted by molar-refractivity contribution is 6.07. The van der Waals surface area contributed by atoms with Crippen molar-refractivity contribution in [2.24, 2.45) is 5.92 Å². The molecule has 34 heavy (non-hydrogen) atoms. The molecule has 0 spiro atoms. The number of aromatic nitrogens is 3. The fraction of sp³-hybridized carbons (Fsp3) is 0.231. The number of allylic oxidation sites excluding steroid dienone is 1. The second-order valence-electron chi connectivity index (χ2n) is 7.98. The second kappa shape index (κ2) is 10.3. The summed E-state index contributed by atoms with van der Waals surface area (Å²) in [6.45, 7) is 2.35. The topological polar surface area (TPSA) is 117 Å². The Balaban J connectivity index is 1.66. The molecule has 1 atom stereocenters. The molecule has 1 aliphatic carbocycles. The summed E-state index contributed by atoms with van der Waals surface area (Å²) >= 11 is 0. The van der Waals surface area contributed by atoms with Crippen LogP contribution in [0, 0.1) is 5.92 Å². The lowest BCUT2D eigenvalue weighted by molar-refractivity contribution is -0.123. The minimum absolute atomic E-state index is 0.0674. The van der Waals surface area contributed by atoms with Crippen LogP contribution in [0.5, 0.6) is 5.75 Å². The predicted molar refractivity (Wildman–Crippen MR) is 129 cm³/mol. The van der Waals surface area contributed by atoms with Crippen LogP contribution in [-0.4, -0.2) is 50.0 Å². The van der Waals surface area contributed by atoms with Crippen LogP contribution >= 0.6 is 0 Å². The van der Waals surface area contributed by atoms with E-state index in [1.807, 2.05) is 13.0 Å². The molecule has 1 unspecified atom stereocenters. The molecule has 0 saturated carbocycles. The fourth-order valence-electron chi connectivity index (χ4n) is 3.82. The largest absolute Gasteiger partial charge is 0.505 e. The number of nitrogens with one attached hydrogen (secondary N) is 1. The Kier molecular flexibility index (Phi) is 6.98. The molecule has 0 radical (unpaired) electrons. The number of ketones is 1. The number of aliphatic hydroxyl groups excluding tert-OH is 1. The molecule has 0 saturated heterocycles. The first-order valence-corrected chi connectivity index (χ1v) is 11.2. The molecule has 8 heteroatoms. The number of fused-ring (bicyclic) bond motifs is 1. The van der Waals surface area contributed by atoms with E-state index in [4.69, 9.17) is 0 Å². The van der Waals surface area contributed by atoms with Crippen LogP contribution in [0.15, 0.2) is 54.6 Å². The highest BCUT2D eigenvalue weighted by atomic mass is 16.3. The number of phenolic OH excluding ortho intramolecular Hbond substituents is 1. The van der Waals surface area contributed by atoms with Crippen molar-refractivity contribution in [3.8, 4) is 11.4 Å². The summed E-state index contributed by atoms with van der Waals surface area (Å²) in [5.74, 6) is -0.671. The third-order valence-corrected chi connectivity index (χ3v) is 5.57. The normalized spacial score (nSPS) is 14.8. The first-order chi connectivity index (χ1) is 16.5. The number of aliphatic hydroxyl groups is 1. The van der Waals surface area contributed by atoms with Gasteiger partial charge in [0.25, 0.3) is 0 Å².